The van der Waals surface area contributed by atoms with E-state index in [1.807, 2.05) is 36.9 Å². The molecule has 0 radical (unpaired) electrons. The van der Waals surface area contributed by atoms with Gasteiger partial charge in [0.1, 0.15) is 5.69 Å². The predicted molar refractivity (Wildman–Crippen MR) is 99.0 cm³/mol. The Morgan fingerprint density at radius 1 is 1.30 bits per heavy atom. The summed E-state index contributed by atoms with van der Waals surface area (Å²) in [6.45, 7) is 4.74. The highest BCUT2D eigenvalue weighted by atomic mass is 16.5. The van der Waals surface area contributed by atoms with E-state index in [4.69, 9.17) is 4.52 Å². The second-order valence-corrected chi connectivity index (χ2v) is 6.92. The summed E-state index contributed by atoms with van der Waals surface area (Å²) in [5, 5.41) is 4.06. The maximum atomic E-state index is 13.1. The molecule has 0 N–H and O–H groups in total. The largest absolute Gasteiger partial charge is 0.335 e. The lowest BCUT2D eigenvalue weighted by Gasteiger charge is -2.24. The average molecular weight is 363 g/mol. The van der Waals surface area contributed by atoms with E-state index in [1.165, 1.54) is 0 Å². The van der Waals surface area contributed by atoms with Gasteiger partial charge >= 0.3 is 0 Å². The smallest absolute Gasteiger partial charge is 0.278 e. The number of likely N-dealkylation sites (tertiary alicyclic amines) is 1. The van der Waals surface area contributed by atoms with Crippen molar-refractivity contribution < 1.29 is 9.32 Å². The molecule has 0 spiro atoms. The van der Waals surface area contributed by atoms with E-state index >= 15 is 0 Å². The molecule has 3 heterocycles. The molecular formula is C20H21N5O2. The van der Waals surface area contributed by atoms with Gasteiger partial charge < -0.3 is 9.42 Å². The van der Waals surface area contributed by atoms with Crippen LogP contribution in [0.1, 0.15) is 40.2 Å². The first-order valence-electron chi connectivity index (χ1n) is 9.09. The van der Waals surface area contributed by atoms with Gasteiger partial charge in [-0.1, -0.05) is 22.9 Å². The van der Waals surface area contributed by atoms with Crippen LogP contribution in [0.5, 0.6) is 0 Å². The van der Waals surface area contributed by atoms with Crippen LogP contribution in [0.3, 0.4) is 0 Å². The summed E-state index contributed by atoms with van der Waals surface area (Å²) in [7, 11) is 0. The van der Waals surface area contributed by atoms with Crippen LogP contribution in [-0.4, -0.2) is 43.5 Å². The second kappa shape index (κ2) is 7.26. The molecule has 7 heteroatoms. The van der Waals surface area contributed by atoms with Crippen LogP contribution in [-0.2, 0) is 6.42 Å². The normalized spacial score (nSPS) is 16.7. The quantitative estimate of drug-likeness (QED) is 0.708. The summed E-state index contributed by atoms with van der Waals surface area (Å²) in [5.41, 5.74) is 3.41. The fourth-order valence-electron chi connectivity index (χ4n) is 3.50. The summed E-state index contributed by atoms with van der Waals surface area (Å²) < 4.78 is 5.31. The summed E-state index contributed by atoms with van der Waals surface area (Å²) in [5.74, 6) is 1.01. The van der Waals surface area contributed by atoms with Crippen molar-refractivity contribution in [1.29, 1.82) is 0 Å². The van der Waals surface area contributed by atoms with Crippen LogP contribution >= 0.6 is 0 Å². The van der Waals surface area contributed by atoms with Crippen molar-refractivity contribution in [3.63, 3.8) is 0 Å². The molecule has 1 amide bonds. The summed E-state index contributed by atoms with van der Waals surface area (Å²) in [6, 6.07) is 6.07. The SMILES string of the molecule is Cc1ccc(C)c(C(=O)N2CCCC2Cc2noc(-c3cnccn3)n2)c1. The zero-order chi connectivity index (χ0) is 18.8. The van der Waals surface area contributed by atoms with Gasteiger partial charge in [0.15, 0.2) is 5.82 Å². The predicted octanol–water partition coefficient (Wildman–Crippen LogP) is 2.99. The second-order valence-electron chi connectivity index (χ2n) is 6.92. The molecule has 1 saturated heterocycles. The fourth-order valence-corrected chi connectivity index (χ4v) is 3.50. The van der Waals surface area contributed by atoms with Crippen LogP contribution in [0, 0.1) is 13.8 Å². The Hall–Kier alpha value is -3.09. The fraction of sp³-hybridized carbons (Fsp3) is 0.350. The van der Waals surface area contributed by atoms with E-state index in [-0.39, 0.29) is 11.9 Å². The Kier molecular flexibility index (Phi) is 4.66. The van der Waals surface area contributed by atoms with Crippen molar-refractivity contribution in [3.8, 4) is 11.6 Å². The lowest BCUT2D eigenvalue weighted by atomic mass is 10.0. The number of aromatic nitrogens is 4. The highest BCUT2D eigenvalue weighted by Crippen LogP contribution is 2.25. The van der Waals surface area contributed by atoms with Gasteiger partial charge in [-0.3, -0.25) is 9.78 Å². The Bertz CT molecular complexity index is 954. The van der Waals surface area contributed by atoms with Crippen molar-refractivity contribution >= 4 is 5.91 Å². The van der Waals surface area contributed by atoms with Gasteiger partial charge in [-0.25, -0.2) is 4.98 Å². The first-order valence-corrected chi connectivity index (χ1v) is 9.09. The molecule has 1 unspecified atom stereocenters. The van der Waals surface area contributed by atoms with Crippen molar-refractivity contribution in [3.05, 3.63) is 59.3 Å². The molecule has 1 aliphatic heterocycles. The van der Waals surface area contributed by atoms with Gasteiger partial charge in [-0.05, 0) is 38.3 Å². The minimum atomic E-state index is 0.0738. The summed E-state index contributed by atoms with van der Waals surface area (Å²) in [4.78, 5) is 27.6. The van der Waals surface area contributed by atoms with Crippen molar-refractivity contribution in [1.82, 2.24) is 25.0 Å². The third-order valence-electron chi connectivity index (χ3n) is 4.93. The van der Waals surface area contributed by atoms with E-state index in [2.05, 4.69) is 20.1 Å². The Balaban J connectivity index is 1.51. The van der Waals surface area contributed by atoms with Gasteiger partial charge in [-0.2, -0.15) is 4.98 Å². The Morgan fingerprint density at radius 2 is 2.19 bits per heavy atom. The van der Waals surface area contributed by atoms with E-state index in [0.29, 0.717) is 23.8 Å². The number of hydrogen-bond donors (Lipinski definition) is 0. The van der Waals surface area contributed by atoms with Crippen LogP contribution < -0.4 is 0 Å². The number of aryl methyl sites for hydroxylation is 2. The third-order valence-corrected chi connectivity index (χ3v) is 4.93. The number of nitrogens with zero attached hydrogens (tertiary/aromatic N) is 5. The van der Waals surface area contributed by atoms with E-state index < -0.39 is 0 Å². The highest BCUT2D eigenvalue weighted by molar-refractivity contribution is 5.96. The first kappa shape index (κ1) is 17.3. The molecule has 4 rings (SSSR count). The van der Waals surface area contributed by atoms with Crippen molar-refractivity contribution in [2.24, 2.45) is 0 Å². The molecule has 27 heavy (non-hydrogen) atoms. The van der Waals surface area contributed by atoms with Crippen LogP contribution in [0.15, 0.2) is 41.3 Å². The number of rotatable bonds is 4. The first-order chi connectivity index (χ1) is 13.1. The summed E-state index contributed by atoms with van der Waals surface area (Å²) in [6.07, 6.45) is 7.25. The molecule has 1 aliphatic rings. The van der Waals surface area contributed by atoms with E-state index in [1.54, 1.807) is 18.6 Å². The molecule has 2 aromatic heterocycles. The number of carbonyl (C=O) groups excluding carboxylic acids is 1. The zero-order valence-corrected chi connectivity index (χ0v) is 15.4. The van der Waals surface area contributed by atoms with Gasteiger partial charge in [0.2, 0.25) is 0 Å². The minimum absolute atomic E-state index is 0.0738. The maximum absolute atomic E-state index is 13.1. The Labute approximate surface area is 157 Å². The molecule has 0 saturated carbocycles. The minimum Gasteiger partial charge on any atom is -0.335 e. The molecule has 1 aromatic carbocycles. The molecule has 7 nitrogen and oxygen atoms in total. The van der Waals surface area contributed by atoms with E-state index in [9.17, 15) is 4.79 Å². The lowest BCUT2D eigenvalue weighted by molar-refractivity contribution is 0.0734. The zero-order valence-electron chi connectivity index (χ0n) is 15.4. The van der Waals surface area contributed by atoms with Crippen LogP contribution in [0.25, 0.3) is 11.6 Å². The molecule has 3 aromatic rings. The third kappa shape index (κ3) is 3.58. The average Bonchev–Trinajstić information content (AvgIpc) is 3.34. The topological polar surface area (TPSA) is 85.0 Å². The van der Waals surface area contributed by atoms with E-state index in [0.717, 1.165) is 36.1 Å². The lowest BCUT2D eigenvalue weighted by Crippen LogP contribution is -2.37. The standard InChI is InChI=1S/C20H21N5O2/c1-13-5-6-14(2)16(10-13)20(26)25-9-3-4-15(25)11-18-23-19(27-24-18)17-12-21-7-8-22-17/h5-8,10,12,15H,3-4,9,11H2,1-2H3. The number of benzene rings is 1. The molecule has 1 atom stereocenters. The highest BCUT2D eigenvalue weighted by Gasteiger charge is 2.31. The number of amides is 1. The molecular weight excluding hydrogens is 342 g/mol. The maximum Gasteiger partial charge on any atom is 0.278 e. The van der Waals surface area contributed by atoms with Crippen LogP contribution in [0.2, 0.25) is 0 Å². The number of carbonyl (C=O) groups is 1. The van der Waals surface area contributed by atoms with Gasteiger partial charge in [0.25, 0.3) is 11.8 Å². The molecule has 0 aliphatic carbocycles. The van der Waals surface area contributed by atoms with Crippen molar-refractivity contribution in [2.45, 2.75) is 39.2 Å². The van der Waals surface area contributed by atoms with Gasteiger partial charge in [0, 0.05) is 37.0 Å². The van der Waals surface area contributed by atoms with Gasteiger partial charge in [0.05, 0.1) is 6.20 Å². The monoisotopic (exact) mass is 363 g/mol. The van der Waals surface area contributed by atoms with Gasteiger partial charge in [-0.15, -0.1) is 0 Å². The molecule has 1 fully saturated rings. The van der Waals surface area contributed by atoms with Crippen molar-refractivity contribution in [2.75, 3.05) is 6.54 Å². The molecule has 0 bridgehead atoms. The summed E-state index contributed by atoms with van der Waals surface area (Å²) >= 11 is 0. The Morgan fingerprint density at radius 3 is 3.00 bits per heavy atom. The number of hydrogen-bond acceptors (Lipinski definition) is 6. The molecule has 138 valence electrons. The van der Waals surface area contributed by atoms with Crippen LogP contribution in [0.4, 0.5) is 0 Å².